The first-order valence-corrected chi connectivity index (χ1v) is 8.84. The lowest BCUT2D eigenvalue weighted by atomic mass is 10.0. The first-order chi connectivity index (χ1) is 16.0. The summed E-state index contributed by atoms with van der Waals surface area (Å²) in [5.74, 6) is 28.1. The van der Waals surface area contributed by atoms with Gasteiger partial charge in [-0.05, 0) is 111 Å². The molecule has 0 saturated heterocycles. The van der Waals surface area contributed by atoms with Crippen molar-refractivity contribution in [1.29, 1.82) is 0 Å². The van der Waals surface area contributed by atoms with Crippen LogP contribution in [0.15, 0.2) is 42.5 Å². The van der Waals surface area contributed by atoms with Crippen LogP contribution < -0.4 is 0 Å². The summed E-state index contributed by atoms with van der Waals surface area (Å²) in [7, 11) is 0. The van der Waals surface area contributed by atoms with Crippen molar-refractivity contribution in [2.75, 3.05) is 0 Å². The van der Waals surface area contributed by atoms with E-state index in [1.54, 1.807) is 5.09 Å². The Bertz CT molecular complexity index is 1290. The first kappa shape index (κ1) is 27.9. The molecule has 5 heteroatoms. The van der Waals surface area contributed by atoms with Gasteiger partial charge < -0.3 is 5.11 Å². The molecule has 0 atom stereocenters. The fourth-order valence-electron chi connectivity index (χ4n) is 2.06. The third-order valence-electron chi connectivity index (χ3n) is 3.23. The van der Waals surface area contributed by atoms with Crippen LogP contribution in [0.2, 0.25) is 0 Å². The van der Waals surface area contributed by atoms with Gasteiger partial charge in [-0.3, -0.25) is 0 Å². The third kappa shape index (κ3) is 15.4. The van der Waals surface area contributed by atoms with Crippen LogP contribution in [-0.4, -0.2) is 10.4 Å². The van der Waals surface area contributed by atoms with Crippen molar-refractivity contribution in [1.82, 2.24) is 0 Å². The van der Waals surface area contributed by atoms with Crippen LogP contribution in [0.1, 0.15) is 23.8 Å². The molecule has 2 aromatic rings. The van der Waals surface area contributed by atoms with E-state index in [4.69, 9.17) is 18.1 Å². The minimum Gasteiger partial charge on any atom is -0.508 e. The van der Waals surface area contributed by atoms with E-state index in [2.05, 4.69) is 71.0 Å². The van der Waals surface area contributed by atoms with E-state index in [0.29, 0.717) is 12.0 Å². The van der Waals surface area contributed by atoms with Gasteiger partial charge in [-0.2, -0.15) is 0 Å². The molecule has 0 unspecified atom stereocenters. The number of benzene rings is 2. The van der Waals surface area contributed by atoms with E-state index < -0.39 is 0 Å². The Morgan fingerprint density at radius 2 is 1.33 bits per heavy atom. The highest BCUT2D eigenvalue weighted by Gasteiger charge is 2.04. The van der Waals surface area contributed by atoms with E-state index in [9.17, 15) is 14.0 Å². The van der Waals surface area contributed by atoms with Gasteiger partial charge in [-0.25, -0.2) is 9.65 Å². The second kappa shape index (κ2) is 18.9. The van der Waals surface area contributed by atoms with Crippen LogP contribution in [0.25, 0.3) is 0 Å². The maximum absolute atomic E-state index is 13.0. The quantitative estimate of drug-likeness (QED) is 0.373. The van der Waals surface area contributed by atoms with E-state index >= 15 is 0 Å². The molecule has 0 bridgehead atoms. The van der Waals surface area contributed by atoms with Crippen molar-refractivity contribution in [3.8, 4) is 89.6 Å². The summed E-state index contributed by atoms with van der Waals surface area (Å²) in [6.07, 6.45) is 10.3. The maximum atomic E-state index is 13.0. The van der Waals surface area contributed by atoms with Crippen molar-refractivity contribution in [3.05, 3.63) is 65.0 Å². The number of phenolic OH excluding ortho intramolecular Hbond substituents is 1. The van der Waals surface area contributed by atoms with Gasteiger partial charge in [0.1, 0.15) is 11.6 Å². The van der Waals surface area contributed by atoms with E-state index in [1.807, 2.05) is 31.2 Å². The predicted molar refractivity (Wildman–Crippen MR) is 134 cm³/mol. The van der Waals surface area contributed by atoms with Crippen LogP contribution in [-0.2, 0) is 11.5 Å². The SMILES string of the molecule is C#CC#CC#CC#CC#CC#CC#C.Cc1cccc(Cc2cc(F)ccc2O)c1.OOF.[HH].[HH].[HH].[HH].[HH]. The highest BCUT2D eigenvalue weighted by Crippen LogP contribution is 2.21. The molecule has 2 rings (SSSR count). The molecule has 0 radical (unpaired) electrons. The van der Waals surface area contributed by atoms with Crippen molar-refractivity contribution in [2.24, 2.45) is 0 Å². The molecule has 0 spiro atoms. The minimum atomic E-state index is -0.319. The van der Waals surface area contributed by atoms with Crippen molar-refractivity contribution >= 4 is 0 Å². The lowest BCUT2D eigenvalue weighted by Gasteiger charge is -2.05. The summed E-state index contributed by atoms with van der Waals surface area (Å²) in [4.78, 5) is 0. The van der Waals surface area contributed by atoms with Gasteiger partial charge in [0.2, 0.25) is 0 Å². The number of halogens is 2. The summed E-state index contributed by atoms with van der Waals surface area (Å²) in [5.41, 5.74) is 2.85. The predicted octanol–water partition coefficient (Wildman–Crippen LogP) is 5.29. The summed E-state index contributed by atoms with van der Waals surface area (Å²) < 4.78 is 22.4. The molecule has 0 heterocycles. The molecule has 0 aliphatic carbocycles. The number of terminal acetylenes is 2. The molecule has 33 heavy (non-hydrogen) atoms. The second-order valence-corrected chi connectivity index (χ2v) is 5.55. The van der Waals surface area contributed by atoms with Crippen LogP contribution in [0.5, 0.6) is 5.75 Å². The molecular weight excluding hydrogens is 422 g/mol. The van der Waals surface area contributed by atoms with Crippen molar-refractivity contribution < 1.29 is 31.5 Å². The number of hydrogen-bond acceptors (Lipinski definition) is 3. The molecule has 0 saturated carbocycles. The van der Waals surface area contributed by atoms with Gasteiger partial charge in [0.15, 0.2) is 0 Å². The van der Waals surface area contributed by atoms with Crippen LogP contribution in [0.4, 0.5) is 8.92 Å². The van der Waals surface area contributed by atoms with Gasteiger partial charge in [0.25, 0.3) is 0 Å². The molecular formula is C28H26F2O3. The van der Waals surface area contributed by atoms with E-state index in [0.717, 1.165) is 11.1 Å². The van der Waals surface area contributed by atoms with Gasteiger partial charge in [0.05, 0.1) is 0 Å². The van der Waals surface area contributed by atoms with Crippen LogP contribution >= 0.6 is 0 Å². The third-order valence-corrected chi connectivity index (χ3v) is 3.23. The zero-order valence-electron chi connectivity index (χ0n) is 17.5. The fraction of sp³-hybridized carbons (Fsp3) is 0.0714. The Morgan fingerprint density at radius 3 is 1.79 bits per heavy atom. The minimum absolute atomic E-state index is 0. The number of phenols is 1. The highest BCUT2D eigenvalue weighted by atomic mass is 19.3. The number of aromatic hydroxyl groups is 1. The number of aryl methyl sites for hydroxylation is 1. The van der Waals surface area contributed by atoms with Crippen molar-refractivity contribution in [2.45, 2.75) is 13.3 Å². The Hall–Kier alpha value is -5.06. The summed E-state index contributed by atoms with van der Waals surface area (Å²) >= 11 is 0. The molecule has 2 aromatic carbocycles. The zero-order chi connectivity index (χ0) is 24.7. The molecule has 2 N–H and O–H groups in total. The molecule has 0 fully saturated rings. The lowest BCUT2D eigenvalue weighted by Crippen LogP contribution is -1.90. The average molecular weight is 449 g/mol. The van der Waals surface area contributed by atoms with Crippen LogP contribution in [0.3, 0.4) is 0 Å². The topological polar surface area (TPSA) is 49.7 Å². The van der Waals surface area contributed by atoms with Gasteiger partial charge in [0, 0.05) is 19.1 Å². The van der Waals surface area contributed by atoms with Crippen molar-refractivity contribution in [3.63, 3.8) is 0 Å². The second-order valence-electron chi connectivity index (χ2n) is 5.55. The van der Waals surface area contributed by atoms with E-state index in [-0.39, 0.29) is 18.7 Å². The monoisotopic (exact) mass is 448 g/mol. The Morgan fingerprint density at radius 1 is 0.848 bits per heavy atom. The molecule has 3 nitrogen and oxygen atoms in total. The fourth-order valence-corrected chi connectivity index (χ4v) is 2.06. The largest absolute Gasteiger partial charge is 0.508 e. The molecule has 0 aliphatic heterocycles. The Labute approximate surface area is 200 Å². The standard InChI is InChI=1S/C14H13FO.C14H2.FHO2.5H2/c1-10-3-2-4-11(7-10)8-12-9-13(15)5-6-14(12)16;1-3-5-7-9-11-13-14-12-10-8-6-4-2;1-3-2;;;;;/h2-7,9,16H,8H2,1H3;1-2H;2H;5*1H. The summed E-state index contributed by atoms with van der Waals surface area (Å²) in [6.45, 7) is 2.01. The molecule has 0 aliphatic rings. The molecule has 0 amide bonds. The lowest BCUT2D eigenvalue weighted by molar-refractivity contribution is -0.397. The Balaban J connectivity index is -0.000000110. The number of hydrogen-bond donors (Lipinski definition) is 2. The van der Waals surface area contributed by atoms with Gasteiger partial charge >= 0.3 is 0 Å². The normalized spacial score (nSPS) is 7.09. The maximum Gasteiger partial charge on any atom is 0.123 e. The molecule has 170 valence electrons. The van der Waals surface area contributed by atoms with Gasteiger partial charge in [-0.15, -0.1) is 12.8 Å². The van der Waals surface area contributed by atoms with Gasteiger partial charge in [-0.1, -0.05) is 29.8 Å². The zero-order valence-corrected chi connectivity index (χ0v) is 17.5. The van der Waals surface area contributed by atoms with Crippen LogP contribution in [0, 0.1) is 96.6 Å². The smallest absolute Gasteiger partial charge is 0.123 e. The first-order valence-electron chi connectivity index (χ1n) is 8.84. The molecule has 0 aromatic heterocycles. The Kier molecular flexibility index (Phi) is 16.0. The summed E-state index contributed by atoms with van der Waals surface area (Å²) in [5, 5.41) is 17.8. The average Bonchev–Trinajstić information content (AvgIpc) is 2.79. The highest BCUT2D eigenvalue weighted by molar-refractivity contribution is 5.44. The summed E-state index contributed by atoms with van der Waals surface area (Å²) in [6, 6.07) is 12.0. The number of rotatable bonds is 2. The van der Waals surface area contributed by atoms with E-state index in [1.165, 1.54) is 18.2 Å².